The van der Waals surface area contributed by atoms with Crippen molar-refractivity contribution in [1.82, 2.24) is 0 Å². The van der Waals surface area contributed by atoms with E-state index in [1.807, 2.05) is 103 Å². The van der Waals surface area contributed by atoms with Crippen molar-refractivity contribution in [3.63, 3.8) is 0 Å². The van der Waals surface area contributed by atoms with Crippen LogP contribution in [0.4, 0.5) is 17.1 Å². The predicted molar refractivity (Wildman–Crippen MR) is 205 cm³/mol. The zero-order valence-corrected chi connectivity index (χ0v) is 29.0. The predicted octanol–water partition coefficient (Wildman–Crippen LogP) is 7.73. The molecule has 5 aromatic rings. The minimum absolute atomic E-state index is 0.175. The summed E-state index contributed by atoms with van der Waals surface area (Å²) in [5, 5.41) is 38.3. The molecule has 1 aliphatic carbocycles. The normalized spacial score (nSPS) is 19.6. The highest BCUT2D eigenvalue weighted by Gasteiger charge is 2.55. The van der Waals surface area contributed by atoms with Crippen LogP contribution < -0.4 is 10.2 Å². The van der Waals surface area contributed by atoms with Gasteiger partial charge in [-0.3, -0.25) is 14.5 Å². The molecule has 1 saturated heterocycles. The Morgan fingerprint density at radius 1 is 0.846 bits per heavy atom. The molecular weight excluding hydrogens is 652 g/mol. The van der Waals surface area contributed by atoms with E-state index in [2.05, 4.69) is 11.4 Å². The number of ether oxygens (including phenoxy) is 1. The fourth-order valence-corrected chi connectivity index (χ4v) is 7.92. The van der Waals surface area contributed by atoms with Gasteiger partial charge in [-0.25, -0.2) is 0 Å². The largest absolute Gasteiger partial charge is 0.507 e. The highest BCUT2D eigenvalue weighted by atomic mass is 16.5. The molecular formula is C44H42N2O6. The number of aliphatic hydroxyl groups is 2. The van der Waals surface area contributed by atoms with Gasteiger partial charge in [0.15, 0.2) is 0 Å². The monoisotopic (exact) mass is 694 g/mol. The topological polar surface area (TPSA) is 119 Å². The SMILES string of the molecule is COCC1=C([C@H](O)CC/C(=C/c2ccc(O)c3ccccc23)c2ccccc2)[C@H](CO)[C@@H]2C(=O)N(c3ccc(Nc4ccccc4)cc3)C(=O)[C@@H]2C1. The number of rotatable bonds is 12. The maximum absolute atomic E-state index is 14.1. The van der Waals surface area contributed by atoms with Crippen molar-refractivity contribution in [3.05, 3.63) is 144 Å². The third kappa shape index (κ3) is 6.88. The van der Waals surface area contributed by atoms with Crippen LogP contribution in [0, 0.1) is 17.8 Å². The molecule has 52 heavy (non-hydrogen) atoms. The Hall–Kier alpha value is -5.54. The van der Waals surface area contributed by atoms with E-state index in [4.69, 9.17) is 4.74 Å². The minimum Gasteiger partial charge on any atom is -0.507 e. The van der Waals surface area contributed by atoms with E-state index in [-0.39, 0.29) is 30.6 Å². The van der Waals surface area contributed by atoms with Crippen LogP contribution in [-0.4, -0.2) is 53.6 Å². The third-order valence-electron chi connectivity index (χ3n) is 10.3. The lowest BCUT2D eigenvalue weighted by Crippen LogP contribution is -2.39. The molecule has 0 bridgehead atoms. The van der Waals surface area contributed by atoms with Gasteiger partial charge in [-0.15, -0.1) is 0 Å². The first kappa shape index (κ1) is 34.9. The van der Waals surface area contributed by atoms with Crippen molar-refractivity contribution in [3.8, 4) is 5.75 Å². The van der Waals surface area contributed by atoms with Crippen LogP contribution in [-0.2, 0) is 14.3 Å². The fourth-order valence-electron chi connectivity index (χ4n) is 7.92. The number of carbonyl (C=O) groups excluding carboxylic acids is 2. The van der Waals surface area contributed by atoms with Crippen molar-refractivity contribution in [2.75, 3.05) is 30.5 Å². The molecule has 4 N–H and O–H groups in total. The van der Waals surface area contributed by atoms with E-state index in [1.54, 1.807) is 25.3 Å². The lowest BCUT2D eigenvalue weighted by Gasteiger charge is -2.36. The van der Waals surface area contributed by atoms with Gasteiger partial charge in [0.25, 0.3) is 0 Å². The van der Waals surface area contributed by atoms with Gasteiger partial charge in [-0.1, -0.05) is 84.9 Å². The molecule has 1 fully saturated rings. The number of aliphatic hydroxyl groups excluding tert-OH is 2. The van der Waals surface area contributed by atoms with Gasteiger partial charge in [-0.05, 0) is 95.0 Å². The van der Waals surface area contributed by atoms with Gasteiger partial charge in [0.05, 0.1) is 36.8 Å². The standard InChI is InChI=1S/C44H42N2O6/c1-52-27-31-25-37-42(44(51)46(43(37)50)34-20-18-33(19-21-34)45-32-12-6-3-7-13-32)38(26-47)41(31)40(49)23-16-29(28-10-4-2-5-11-28)24-30-17-22-39(48)36-15-9-8-14-35(30)36/h2-15,17-22,24,37-38,40,42,45,47-49H,16,23,25-27H2,1H3/b29-24-/t37-,38+,40-,42-/m1/s1. The zero-order valence-electron chi connectivity index (χ0n) is 29.0. The Morgan fingerprint density at radius 3 is 2.19 bits per heavy atom. The molecule has 1 heterocycles. The Labute approximate surface area is 303 Å². The van der Waals surface area contributed by atoms with Gasteiger partial charge in [0.2, 0.25) is 11.8 Å². The van der Waals surface area contributed by atoms with Crippen LogP contribution >= 0.6 is 0 Å². The number of para-hydroxylation sites is 1. The maximum atomic E-state index is 14.1. The number of carbonyl (C=O) groups is 2. The smallest absolute Gasteiger partial charge is 0.238 e. The van der Waals surface area contributed by atoms with E-state index in [1.165, 1.54) is 4.90 Å². The first-order valence-electron chi connectivity index (χ1n) is 17.6. The lowest BCUT2D eigenvalue weighted by atomic mass is 9.68. The summed E-state index contributed by atoms with van der Waals surface area (Å²) in [6.45, 7) is -0.219. The number of fused-ring (bicyclic) bond motifs is 2. The first-order valence-corrected chi connectivity index (χ1v) is 17.6. The fraction of sp³-hybridized carbons (Fsp3) is 0.227. The highest BCUT2D eigenvalue weighted by molar-refractivity contribution is 6.22. The molecule has 0 spiro atoms. The number of anilines is 3. The Balaban J connectivity index is 1.15. The Kier molecular flexibility index (Phi) is 10.3. The molecule has 264 valence electrons. The van der Waals surface area contributed by atoms with Crippen molar-refractivity contribution in [2.24, 2.45) is 17.8 Å². The van der Waals surface area contributed by atoms with E-state index in [9.17, 15) is 24.9 Å². The molecule has 8 heteroatoms. The number of allylic oxidation sites excluding steroid dienone is 1. The van der Waals surface area contributed by atoms with E-state index in [0.29, 0.717) is 24.1 Å². The number of methoxy groups -OCH3 is 1. The summed E-state index contributed by atoms with van der Waals surface area (Å²) in [6, 6.07) is 38.1. The van der Waals surface area contributed by atoms with Crippen LogP contribution in [0.25, 0.3) is 22.4 Å². The number of amides is 2. The summed E-state index contributed by atoms with van der Waals surface area (Å²) in [4.78, 5) is 29.3. The van der Waals surface area contributed by atoms with E-state index in [0.717, 1.165) is 44.4 Å². The quantitative estimate of drug-likeness (QED) is 0.0600. The molecule has 4 atom stereocenters. The van der Waals surface area contributed by atoms with Gasteiger partial charge in [-0.2, -0.15) is 0 Å². The summed E-state index contributed by atoms with van der Waals surface area (Å²) in [6.07, 6.45) is 2.16. The number of hydrogen-bond acceptors (Lipinski definition) is 7. The molecule has 1 aliphatic heterocycles. The summed E-state index contributed by atoms with van der Waals surface area (Å²) in [7, 11) is 1.56. The second-order valence-electron chi connectivity index (χ2n) is 13.5. The van der Waals surface area contributed by atoms with Crippen LogP contribution in [0.3, 0.4) is 0 Å². The van der Waals surface area contributed by atoms with Gasteiger partial charge in [0.1, 0.15) is 5.75 Å². The Morgan fingerprint density at radius 2 is 1.50 bits per heavy atom. The Bertz CT molecular complexity index is 2130. The summed E-state index contributed by atoms with van der Waals surface area (Å²) < 4.78 is 5.56. The molecule has 0 radical (unpaired) electrons. The number of phenols is 1. The second kappa shape index (κ2) is 15.4. The maximum Gasteiger partial charge on any atom is 0.238 e. The molecule has 0 saturated carbocycles. The number of nitrogens with zero attached hydrogens (tertiary/aromatic N) is 1. The van der Waals surface area contributed by atoms with Crippen molar-refractivity contribution < 1.29 is 29.6 Å². The van der Waals surface area contributed by atoms with Gasteiger partial charge in [0, 0.05) is 29.8 Å². The molecule has 7 rings (SSSR count). The highest BCUT2D eigenvalue weighted by Crippen LogP contribution is 2.47. The number of hydrogen-bond donors (Lipinski definition) is 4. The van der Waals surface area contributed by atoms with Gasteiger partial charge < -0.3 is 25.4 Å². The van der Waals surface area contributed by atoms with Crippen LogP contribution in [0.15, 0.2) is 132 Å². The number of nitrogens with one attached hydrogen (secondary N) is 1. The number of imide groups is 1. The molecule has 2 amide bonds. The van der Waals surface area contributed by atoms with Gasteiger partial charge >= 0.3 is 0 Å². The van der Waals surface area contributed by atoms with Crippen molar-refractivity contribution >= 4 is 51.3 Å². The molecule has 2 aliphatic rings. The van der Waals surface area contributed by atoms with E-state index < -0.39 is 30.5 Å². The molecule has 8 nitrogen and oxygen atoms in total. The molecule has 0 aromatic heterocycles. The minimum atomic E-state index is -0.993. The molecule has 5 aromatic carbocycles. The van der Waals surface area contributed by atoms with E-state index >= 15 is 0 Å². The van der Waals surface area contributed by atoms with Crippen LogP contribution in [0.2, 0.25) is 0 Å². The van der Waals surface area contributed by atoms with Crippen LogP contribution in [0.5, 0.6) is 5.75 Å². The van der Waals surface area contributed by atoms with Crippen molar-refractivity contribution in [2.45, 2.75) is 25.4 Å². The lowest BCUT2D eigenvalue weighted by molar-refractivity contribution is -0.123. The average molecular weight is 695 g/mol. The zero-order chi connectivity index (χ0) is 36.2. The number of phenolic OH excluding ortho intramolecular Hbond substituents is 1. The summed E-state index contributed by atoms with van der Waals surface area (Å²) in [5.41, 5.74) is 6.46. The number of aromatic hydroxyl groups is 1. The van der Waals surface area contributed by atoms with Crippen molar-refractivity contribution in [1.29, 1.82) is 0 Å². The summed E-state index contributed by atoms with van der Waals surface area (Å²) >= 11 is 0. The third-order valence-corrected chi connectivity index (χ3v) is 10.3. The molecule has 0 unspecified atom stereocenters. The second-order valence-corrected chi connectivity index (χ2v) is 13.5. The average Bonchev–Trinajstić information content (AvgIpc) is 3.43. The summed E-state index contributed by atoms with van der Waals surface area (Å²) in [5.74, 6) is -2.70. The van der Waals surface area contributed by atoms with Crippen LogP contribution in [0.1, 0.15) is 30.4 Å². The first-order chi connectivity index (χ1) is 25.4. The number of benzene rings is 5.